The van der Waals surface area contributed by atoms with Gasteiger partial charge in [0.2, 0.25) is 0 Å². The summed E-state index contributed by atoms with van der Waals surface area (Å²) >= 11 is 0. The first kappa shape index (κ1) is 15.5. The number of anilines is 1. The molecule has 0 aliphatic heterocycles. The van der Waals surface area contributed by atoms with Crippen molar-refractivity contribution < 1.29 is 8.42 Å². The smallest absolute Gasteiger partial charge is 0.175 e. The van der Waals surface area contributed by atoms with E-state index in [2.05, 4.69) is 17.4 Å². The van der Waals surface area contributed by atoms with Gasteiger partial charge in [-0.05, 0) is 36.2 Å². The molecule has 0 radical (unpaired) electrons. The van der Waals surface area contributed by atoms with Crippen LogP contribution in [0, 0.1) is 0 Å². The van der Waals surface area contributed by atoms with Gasteiger partial charge in [-0.3, -0.25) is 0 Å². The second-order valence-corrected chi connectivity index (χ2v) is 7.08. The molecule has 4 nitrogen and oxygen atoms in total. The Bertz CT molecular complexity index is 667. The number of sulfone groups is 1. The number of hydrogen-bond acceptors (Lipinski definition) is 4. The average Bonchev–Trinajstić information content (AvgIpc) is 2.47. The third-order valence-corrected chi connectivity index (χ3v) is 4.39. The minimum absolute atomic E-state index is 0.108. The monoisotopic (exact) mass is 304 g/mol. The molecule has 5 heteroatoms. The van der Waals surface area contributed by atoms with Gasteiger partial charge in [-0.15, -0.1) is 0 Å². The SMILES string of the molecule is CS(=O)(=O)c1ccc(NC(CN)Cc2ccccc2)cc1. The van der Waals surface area contributed by atoms with Crippen molar-refractivity contribution in [3.8, 4) is 0 Å². The van der Waals surface area contributed by atoms with E-state index in [1.54, 1.807) is 24.3 Å². The van der Waals surface area contributed by atoms with Gasteiger partial charge in [0.25, 0.3) is 0 Å². The molecule has 0 saturated heterocycles. The zero-order valence-electron chi connectivity index (χ0n) is 12.0. The first-order chi connectivity index (χ1) is 9.99. The van der Waals surface area contributed by atoms with E-state index < -0.39 is 9.84 Å². The lowest BCUT2D eigenvalue weighted by Crippen LogP contribution is -2.31. The maximum atomic E-state index is 11.4. The summed E-state index contributed by atoms with van der Waals surface area (Å²) < 4.78 is 22.8. The summed E-state index contributed by atoms with van der Waals surface area (Å²) in [7, 11) is -3.15. The van der Waals surface area contributed by atoms with E-state index in [1.807, 2.05) is 18.2 Å². The molecule has 0 spiro atoms. The number of benzene rings is 2. The van der Waals surface area contributed by atoms with Crippen molar-refractivity contribution in [1.82, 2.24) is 0 Å². The Morgan fingerprint density at radius 1 is 1.05 bits per heavy atom. The minimum atomic E-state index is -3.15. The van der Waals surface area contributed by atoms with Gasteiger partial charge in [0.15, 0.2) is 9.84 Å². The molecular weight excluding hydrogens is 284 g/mol. The molecule has 2 rings (SSSR count). The summed E-state index contributed by atoms with van der Waals surface area (Å²) in [5.41, 5.74) is 7.89. The molecule has 0 aliphatic rings. The van der Waals surface area contributed by atoms with Gasteiger partial charge in [0.1, 0.15) is 0 Å². The highest BCUT2D eigenvalue weighted by Crippen LogP contribution is 2.15. The lowest BCUT2D eigenvalue weighted by Gasteiger charge is -2.18. The molecule has 0 fully saturated rings. The first-order valence-electron chi connectivity index (χ1n) is 6.79. The van der Waals surface area contributed by atoms with E-state index >= 15 is 0 Å². The molecule has 0 heterocycles. The summed E-state index contributed by atoms with van der Waals surface area (Å²) in [5, 5.41) is 3.34. The average molecular weight is 304 g/mol. The van der Waals surface area contributed by atoms with Crippen molar-refractivity contribution in [1.29, 1.82) is 0 Å². The summed E-state index contributed by atoms with van der Waals surface area (Å²) in [6.45, 7) is 0.503. The van der Waals surface area contributed by atoms with Crippen LogP contribution in [0.1, 0.15) is 5.56 Å². The normalized spacial score (nSPS) is 12.9. The van der Waals surface area contributed by atoms with E-state index in [9.17, 15) is 8.42 Å². The Morgan fingerprint density at radius 2 is 1.67 bits per heavy atom. The van der Waals surface area contributed by atoms with Crippen LogP contribution in [0.4, 0.5) is 5.69 Å². The van der Waals surface area contributed by atoms with Crippen LogP contribution in [0.5, 0.6) is 0 Å². The molecule has 0 aromatic heterocycles. The largest absolute Gasteiger partial charge is 0.381 e. The molecule has 0 bridgehead atoms. The summed E-state index contributed by atoms with van der Waals surface area (Å²) in [6.07, 6.45) is 2.03. The van der Waals surface area contributed by atoms with Gasteiger partial charge in [-0.2, -0.15) is 0 Å². The molecule has 3 N–H and O–H groups in total. The maximum Gasteiger partial charge on any atom is 0.175 e. The number of hydrogen-bond donors (Lipinski definition) is 2. The van der Waals surface area contributed by atoms with Crippen LogP contribution >= 0.6 is 0 Å². The molecule has 0 amide bonds. The molecule has 0 aliphatic carbocycles. The number of nitrogens with two attached hydrogens (primary N) is 1. The van der Waals surface area contributed by atoms with E-state index in [0.29, 0.717) is 11.4 Å². The third kappa shape index (κ3) is 4.58. The Morgan fingerprint density at radius 3 is 2.19 bits per heavy atom. The second kappa shape index (κ2) is 6.74. The quantitative estimate of drug-likeness (QED) is 0.857. The lowest BCUT2D eigenvalue weighted by atomic mass is 10.1. The van der Waals surface area contributed by atoms with Crippen LogP contribution in [-0.4, -0.2) is 27.3 Å². The fourth-order valence-corrected chi connectivity index (χ4v) is 2.76. The molecule has 1 unspecified atom stereocenters. The van der Waals surface area contributed by atoms with E-state index in [4.69, 9.17) is 5.73 Å². The fraction of sp³-hybridized carbons (Fsp3) is 0.250. The molecule has 0 saturated carbocycles. The summed E-state index contributed by atoms with van der Waals surface area (Å²) in [4.78, 5) is 0.320. The van der Waals surface area contributed by atoms with Gasteiger partial charge < -0.3 is 11.1 Å². The highest BCUT2D eigenvalue weighted by molar-refractivity contribution is 7.90. The predicted octanol–water partition coefficient (Wildman–Crippen LogP) is 2.07. The summed E-state index contributed by atoms with van der Waals surface area (Å²) in [6, 6.07) is 17.0. The molecular formula is C16H20N2O2S. The van der Waals surface area contributed by atoms with Crippen molar-refractivity contribution in [2.24, 2.45) is 5.73 Å². The Kier molecular flexibility index (Phi) is 4.98. The van der Waals surface area contributed by atoms with Crippen molar-refractivity contribution in [3.63, 3.8) is 0 Å². The number of nitrogens with one attached hydrogen (secondary N) is 1. The van der Waals surface area contributed by atoms with Crippen molar-refractivity contribution in [2.45, 2.75) is 17.4 Å². The van der Waals surface area contributed by atoms with Gasteiger partial charge in [-0.1, -0.05) is 30.3 Å². The Hall–Kier alpha value is -1.85. The maximum absolute atomic E-state index is 11.4. The molecule has 2 aromatic carbocycles. The zero-order valence-corrected chi connectivity index (χ0v) is 12.8. The number of rotatable bonds is 6. The van der Waals surface area contributed by atoms with Gasteiger partial charge in [0.05, 0.1) is 4.90 Å². The van der Waals surface area contributed by atoms with Crippen molar-refractivity contribution >= 4 is 15.5 Å². The Labute approximate surface area is 125 Å². The second-order valence-electron chi connectivity index (χ2n) is 5.06. The van der Waals surface area contributed by atoms with Crippen LogP contribution in [-0.2, 0) is 16.3 Å². The molecule has 1 atom stereocenters. The predicted molar refractivity (Wildman–Crippen MR) is 86.2 cm³/mol. The van der Waals surface area contributed by atoms with E-state index in [1.165, 1.54) is 11.8 Å². The Balaban J connectivity index is 2.05. The molecule has 112 valence electrons. The van der Waals surface area contributed by atoms with Crippen LogP contribution in [0.3, 0.4) is 0 Å². The molecule has 21 heavy (non-hydrogen) atoms. The van der Waals surface area contributed by atoms with Crippen molar-refractivity contribution in [3.05, 3.63) is 60.2 Å². The zero-order chi connectivity index (χ0) is 15.3. The highest BCUT2D eigenvalue weighted by atomic mass is 32.2. The third-order valence-electron chi connectivity index (χ3n) is 3.26. The summed E-state index contributed by atoms with van der Waals surface area (Å²) in [5.74, 6) is 0. The lowest BCUT2D eigenvalue weighted by molar-refractivity contribution is 0.602. The minimum Gasteiger partial charge on any atom is -0.381 e. The standard InChI is InChI=1S/C16H20N2O2S/c1-21(19,20)16-9-7-14(8-10-16)18-15(12-17)11-13-5-3-2-4-6-13/h2-10,15,18H,11-12,17H2,1H3. The van der Waals surface area contributed by atoms with Crippen LogP contribution in [0.25, 0.3) is 0 Å². The van der Waals surface area contributed by atoms with Crippen LogP contribution in [0.2, 0.25) is 0 Å². The topological polar surface area (TPSA) is 72.2 Å². The van der Waals surface area contributed by atoms with Crippen LogP contribution < -0.4 is 11.1 Å². The van der Waals surface area contributed by atoms with E-state index in [0.717, 1.165) is 12.1 Å². The van der Waals surface area contributed by atoms with Gasteiger partial charge >= 0.3 is 0 Å². The van der Waals surface area contributed by atoms with Gasteiger partial charge in [-0.25, -0.2) is 8.42 Å². The van der Waals surface area contributed by atoms with Crippen molar-refractivity contribution in [2.75, 3.05) is 18.1 Å². The van der Waals surface area contributed by atoms with Crippen LogP contribution in [0.15, 0.2) is 59.5 Å². The fourth-order valence-electron chi connectivity index (χ4n) is 2.13. The molecule has 2 aromatic rings. The van der Waals surface area contributed by atoms with E-state index in [-0.39, 0.29) is 6.04 Å². The first-order valence-corrected chi connectivity index (χ1v) is 8.69. The highest BCUT2D eigenvalue weighted by Gasteiger charge is 2.09. The van der Waals surface area contributed by atoms with Gasteiger partial charge in [0, 0.05) is 24.5 Å².